The first kappa shape index (κ1) is 16.1. The van der Waals surface area contributed by atoms with Gasteiger partial charge in [-0.2, -0.15) is 0 Å². The third-order valence-electron chi connectivity index (χ3n) is 3.34. The van der Waals surface area contributed by atoms with Crippen LogP contribution in [0.25, 0.3) is 0 Å². The Hall–Kier alpha value is -2.28. The lowest BCUT2D eigenvalue weighted by molar-refractivity contribution is -0.137. The Bertz CT molecular complexity index is 620. The van der Waals surface area contributed by atoms with Gasteiger partial charge in [0.2, 0.25) is 0 Å². The lowest BCUT2D eigenvalue weighted by Crippen LogP contribution is -2.35. The summed E-state index contributed by atoms with van der Waals surface area (Å²) in [6, 6.07) is 4.29. The number of hydrogen-bond acceptors (Lipinski definition) is 3. The summed E-state index contributed by atoms with van der Waals surface area (Å²) in [6.45, 7) is 2.56. The van der Waals surface area contributed by atoms with Crippen molar-refractivity contribution in [1.29, 1.82) is 0 Å². The summed E-state index contributed by atoms with van der Waals surface area (Å²) in [7, 11) is 0. The minimum absolute atomic E-state index is 0.271. The number of carboxylic acids is 1. The minimum atomic E-state index is -1.08. The van der Waals surface area contributed by atoms with Crippen molar-refractivity contribution in [2.45, 2.75) is 6.92 Å². The lowest BCUT2D eigenvalue weighted by atomic mass is 10.1. The summed E-state index contributed by atoms with van der Waals surface area (Å²) in [4.78, 5) is 37.6. The van der Waals surface area contributed by atoms with E-state index >= 15 is 0 Å². The SMILES string of the molecule is CCN(CC(=O)O)C(=O)c1ccc(Cl)c(N2CCNC2=O)c1. The number of carboxylic acid groups (broad SMARTS) is 1. The fourth-order valence-corrected chi connectivity index (χ4v) is 2.45. The number of halogens is 1. The molecule has 1 aromatic carbocycles. The van der Waals surface area contributed by atoms with E-state index in [-0.39, 0.29) is 19.1 Å². The molecule has 1 aromatic rings. The van der Waals surface area contributed by atoms with Crippen LogP contribution in [0.1, 0.15) is 17.3 Å². The summed E-state index contributed by atoms with van der Waals surface area (Å²) in [5, 5.41) is 11.9. The molecule has 3 amide bonds. The van der Waals surface area contributed by atoms with Crippen LogP contribution in [-0.4, -0.2) is 54.1 Å². The van der Waals surface area contributed by atoms with Crippen LogP contribution in [0, 0.1) is 0 Å². The minimum Gasteiger partial charge on any atom is -0.480 e. The predicted octanol–water partition coefficient (Wildman–Crippen LogP) is 1.42. The van der Waals surface area contributed by atoms with E-state index in [1.165, 1.54) is 28.0 Å². The van der Waals surface area contributed by atoms with Crippen LogP contribution >= 0.6 is 11.6 Å². The molecule has 2 N–H and O–H groups in total. The van der Waals surface area contributed by atoms with Crippen molar-refractivity contribution >= 4 is 35.2 Å². The molecule has 22 heavy (non-hydrogen) atoms. The van der Waals surface area contributed by atoms with Crippen LogP contribution in [0.3, 0.4) is 0 Å². The molecule has 2 rings (SSSR count). The summed E-state index contributed by atoms with van der Waals surface area (Å²) in [5.74, 6) is -1.49. The van der Waals surface area contributed by atoms with Gasteiger partial charge in [-0.1, -0.05) is 11.6 Å². The molecule has 7 nitrogen and oxygen atoms in total. The van der Waals surface area contributed by atoms with E-state index in [0.29, 0.717) is 29.4 Å². The molecular formula is C14H16ClN3O4. The van der Waals surface area contributed by atoms with E-state index in [9.17, 15) is 14.4 Å². The van der Waals surface area contributed by atoms with Crippen LogP contribution in [0.4, 0.5) is 10.5 Å². The first-order chi connectivity index (χ1) is 10.4. The topological polar surface area (TPSA) is 90.0 Å². The zero-order chi connectivity index (χ0) is 16.3. The molecule has 1 fully saturated rings. The van der Waals surface area contributed by atoms with Crippen molar-refractivity contribution in [3.05, 3.63) is 28.8 Å². The van der Waals surface area contributed by atoms with Crippen LogP contribution in [0.5, 0.6) is 0 Å². The average Bonchev–Trinajstić information content (AvgIpc) is 2.90. The maximum absolute atomic E-state index is 12.4. The summed E-state index contributed by atoms with van der Waals surface area (Å²) < 4.78 is 0. The maximum atomic E-state index is 12.4. The molecular weight excluding hydrogens is 310 g/mol. The van der Waals surface area contributed by atoms with Crippen LogP contribution < -0.4 is 10.2 Å². The predicted molar refractivity (Wildman–Crippen MR) is 81.4 cm³/mol. The Labute approximate surface area is 132 Å². The van der Waals surface area contributed by atoms with Crippen molar-refractivity contribution in [2.24, 2.45) is 0 Å². The molecule has 118 valence electrons. The number of rotatable bonds is 5. The highest BCUT2D eigenvalue weighted by atomic mass is 35.5. The van der Waals surface area contributed by atoms with Gasteiger partial charge in [0, 0.05) is 25.2 Å². The lowest BCUT2D eigenvalue weighted by Gasteiger charge is -2.21. The highest BCUT2D eigenvalue weighted by molar-refractivity contribution is 6.34. The van der Waals surface area contributed by atoms with Crippen molar-refractivity contribution < 1.29 is 19.5 Å². The highest BCUT2D eigenvalue weighted by Crippen LogP contribution is 2.28. The van der Waals surface area contributed by atoms with E-state index < -0.39 is 11.9 Å². The summed E-state index contributed by atoms with van der Waals surface area (Å²) in [5.41, 5.74) is 0.732. The first-order valence-electron chi connectivity index (χ1n) is 6.80. The second-order valence-corrected chi connectivity index (χ2v) is 5.17. The molecule has 0 aromatic heterocycles. The Morgan fingerprint density at radius 3 is 2.73 bits per heavy atom. The maximum Gasteiger partial charge on any atom is 0.323 e. The van der Waals surface area contributed by atoms with Gasteiger partial charge in [0.25, 0.3) is 5.91 Å². The van der Waals surface area contributed by atoms with E-state index in [1.54, 1.807) is 6.92 Å². The Kier molecular flexibility index (Phi) is 4.87. The van der Waals surface area contributed by atoms with E-state index in [2.05, 4.69) is 5.32 Å². The van der Waals surface area contributed by atoms with Crippen molar-refractivity contribution in [3.63, 3.8) is 0 Å². The third-order valence-corrected chi connectivity index (χ3v) is 3.66. The number of carbonyl (C=O) groups excluding carboxylic acids is 2. The van der Waals surface area contributed by atoms with Gasteiger partial charge in [-0.05, 0) is 25.1 Å². The van der Waals surface area contributed by atoms with Crippen molar-refractivity contribution in [1.82, 2.24) is 10.2 Å². The van der Waals surface area contributed by atoms with E-state index in [1.807, 2.05) is 0 Å². The standard InChI is InChI=1S/C14H16ClN3O4/c1-2-17(8-12(19)20)13(21)9-3-4-10(15)11(7-9)18-6-5-16-14(18)22/h3-4,7H,2,5-6,8H2,1H3,(H,16,22)(H,19,20). The summed E-state index contributed by atoms with van der Waals surface area (Å²) in [6.07, 6.45) is 0. The monoisotopic (exact) mass is 325 g/mol. The molecule has 8 heteroatoms. The number of urea groups is 1. The van der Waals surface area contributed by atoms with Gasteiger partial charge in [0.15, 0.2) is 0 Å². The zero-order valence-corrected chi connectivity index (χ0v) is 12.8. The van der Waals surface area contributed by atoms with Crippen LogP contribution in [0.2, 0.25) is 5.02 Å². The number of nitrogens with zero attached hydrogens (tertiary/aromatic N) is 2. The number of likely N-dealkylation sites (N-methyl/N-ethyl adjacent to an activating group) is 1. The second-order valence-electron chi connectivity index (χ2n) is 4.76. The number of anilines is 1. The molecule has 0 saturated carbocycles. The molecule has 1 aliphatic heterocycles. The molecule has 0 aliphatic carbocycles. The highest BCUT2D eigenvalue weighted by Gasteiger charge is 2.25. The number of hydrogen-bond donors (Lipinski definition) is 2. The third kappa shape index (κ3) is 3.30. The molecule has 1 aliphatic rings. The molecule has 0 atom stereocenters. The van der Waals surface area contributed by atoms with Gasteiger partial charge in [-0.3, -0.25) is 14.5 Å². The molecule has 1 heterocycles. The number of carbonyl (C=O) groups is 3. The number of aliphatic carboxylic acids is 1. The van der Waals surface area contributed by atoms with Gasteiger partial charge in [-0.25, -0.2) is 4.79 Å². The fourth-order valence-electron chi connectivity index (χ4n) is 2.23. The molecule has 0 radical (unpaired) electrons. The summed E-state index contributed by atoms with van der Waals surface area (Å²) >= 11 is 6.10. The number of nitrogens with one attached hydrogen (secondary N) is 1. The molecule has 0 bridgehead atoms. The van der Waals surface area contributed by atoms with Crippen LogP contribution in [0.15, 0.2) is 18.2 Å². The van der Waals surface area contributed by atoms with Crippen LogP contribution in [-0.2, 0) is 4.79 Å². The second kappa shape index (κ2) is 6.65. The quantitative estimate of drug-likeness (QED) is 0.856. The smallest absolute Gasteiger partial charge is 0.323 e. The van der Waals surface area contributed by atoms with Gasteiger partial charge in [0.1, 0.15) is 6.54 Å². The van der Waals surface area contributed by atoms with Gasteiger partial charge in [0.05, 0.1) is 10.7 Å². The largest absolute Gasteiger partial charge is 0.480 e. The Balaban J connectivity index is 2.30. The van der Waals surface area contributed by atoms with Gasteiger partial charge in [-0.15, -0.1) is 0 Å². The Morgan fingerprint density at radius 1 is 1.45 bits per heavy atom. The van der Waals surface area contributed by atoms with E-state index in [4.69, 9.17) is 16.7 Å². The zero-order valence-electron chi connectivity index (χ0n) is 12.0. The first-order valence-corrected chi connectivity index (χ1v) is 7.17. The molecule has 0 spiro atoms. The molecule has 1 saturated heterocycles. The van der Waals surface area contributed by atoms with Crippen molar-refractivity contribution in [3.8, 4) is 0 Å². The van der Waals surface area contributed by atoms with Crippen molar-refractivity contribution in [2.75, 3.05) is 31.1 Å². The normalized spacial score (nSPS) is 13.9. The Morgan fingerprint density at radius 2 is 2.18 bits per heavy atom. The fraction of sp³-hybridized carbons (Fsp3) is 0.357. The number of amides is 3. The molecule has 0 unspecified atom stereocenters. The van der Waals surface area contributed by atoms with E-state index in [0.717, 1.165) is 0 Å². The van der Waals surface area contributed by atoms with Gasteiger partial charge >= 0.3 is 12.0 Å². The van der Waals surface area contributed by atoms with Gasteiger partial charge < -0.3 is 15.3 Å². The number of benzene rings is 1. The average molecular weight is 326 g/mol.